The molecular weight excluding hydrogens is 364 g/mol. The second-order valence-electron chi connectivity index (χ2n) is 7.03. The first-order valence-electron chi connectivity index (χ1n) is 8.95. The van der Waals surface area contributed by atoms with Crippen LogP contribution in [-0.4, -0.2) is 56.9 Å². The summed E-state index contributed by atoms with van der Waals surface area (Å²) < 4.78 is 32.4. The zero-order chi connectivity index (χ0) is 19.2. The van der Waals surface area contributed by atoms with E-state index in [4.69, 9.17) is 4.74 Å². The predicted molar refractivity (Wildman–Crippen MR) is 102 cm³/mol. The first kappa shape index (κ1) is 18.2. The fourth-order valence-electron chi connectivity index (χ4n) is 3.69. The second kappa shape index (κ2) is 6.74. The van der Waals surface area contributed by atoms with Gasteiger partial charge in [-0.1, -0.05) is 12.1 Å². The number of ether oxygens (including phenoxy) is 1. The lowest BCUT2D eigenvalue weighted by molar-refractivity contribution is 0.0730. The van der Waals surface area contributed by atoms with Crippen LogP contribution in [0.2, 0.25) is 0 Å². The van der Waals surface area contributed by atoms with Gasteiger partial charge in [-0.2, -0.15) is 4.31 Å². The molecule has 2 heterocycles. The highest BCUT2D eigenvalue weighted by Gasteiger charge is 2.27. The third-order valence-corrected chi connectivity index (χ3v) is 7.10. The number of amides is 1. The Balaban J connectivity index is 1.67. The van der Waals surface area contributed by atoms with Gasteiger partial charge in [0.1, 0.15) is 0 Å². The number of nitrogens with zero attached hydrogens (tertiary/aromatic N) is 2. The molecule has 0 unspecified atom stereocenters. The minimum atomic E-state index is -3.51. The average Bonchev–Trinajstić information content (AvgIpc) is 2.95. The van der Waals surface area contributed by atoms with E-state index in [1.807, 2.05) is 31.2 Å². The van der Waals surface area contributed by atoms with Crippen LogP contribution in [0.5, 0.6) is 0 Å². The van der Waals surface area contributed by atoms with Crippen molar-refractivity contribution in [2.75, 3.05) is 33.4 Å². The van der Waals surface area contributed by atoms with Gasteiger partial charge in [-0.15, -0.1) is 0 Å². The van der Waals surface area contributed by atoms with Crippen LogP contribution in [0, 0.1) is 6.92 Å². The largest absolute Gasteiger partial charge is 0.379 e. The summed E-state index contributed by atoms with van der Waals surface area (Å²) in [6.07, 6.45) is 0. The van der Waals surface area contributed by atoms with E-state index in [1.165, 1.54) is 4.31 Å². The number of hydrogen-bond acceptors (Lipinski definition) is 4. The highest BCUT2D eigenvalue weighted by molar-refractivity contribution is 7.89. The fourth-order valence-corrected chi connectivity index (χ4v) is 5.18. The lowest BCUT2D eigenvalue weighted by Gasteiger charge is -2.26. The van der Waals surface area contributed by atoms with E-state index < -0.39 is 10.0 Å². The van der Waals surface area contributed by atoms with Gasteiger partial charge in [-0.25, -0.2) is 8.42 Å². The van der Waals surface area contributed by atoms with Gasteiger partial charge in [-0.05, 0) is 53.4 Å². The van der Waals surface area contributed by atoms with E-state index in [0.717, 1.165) is 27.8 Å². The molecular formula is C20H22N2O4S. The smallest absolute Gasteiger partial charge is 0.254 e. The maximum absolute atomic E-state index is 12.8. The van der Waals surface area contributed by atoms with E-state index in [0.29, 0.717) is 37.7 Å². The summed E-state index contributed by atoms with van der Waals surface area (Å²) in [5.74, 6) is 0.0419. The van der Waals surface area contributed by atoms with Crippen LogP contribution in [0.3, 0.4) is 0 Å². The quantitative estimate of drug-likeness (QED) is 0.812. The monoisotopic (exact) mass is 386 g/mol. The van der Waals surface area contributed by atoms with Gasteiger partial charge in [0, 0.05) is 32.2 Å². The summed E-state index contributed by atoms with van der Waals surface area (Å²) in [5, 5.41) is 0. The van der Waals surface area contributed by atoms with Crippen molar-refractivity contribution in [3.05, 3.63) is 53.1 Å². The Hall–Kier alpha value is -2.22. The number of carbonyl (C=O) groups excluding carboxylic acids is 1. The summed E-state index contributed by atoms with van der Waals surface area (Å²) in [6, 6.07) is 11.0. The molecule has 7 heteroatoms. The minimum absolute atomic E-state index is 0.0419. The molecule has 0 aliphatic carbocycles. The Morgan fingerprint density at radius 2 is 1.70 bits per heavy atom. The van der Waals surface area contributed by atoms with E-state index in [9.17, 15) is 13.2 Å². The van der Waals surface area contributed by atoms with Crippen molar-refractivity contribution < 1.29 is 17.9 Å². The van der Waals surface area contributed by atoms with Gasteiger partial charge in [-0.3, -0.25) is 4.79 Å². The molecule has 1 amide bonds. The first-order chi connectivity index (χ1) is 12.9. The number of sulfonamides is 1. The molecule has 0 saturated carbocycles. The third-order valence-electron chi connectivity index (χ3n) is 5.21. The SMILES string of the molecule is Cc1cc(S(=O)(=O)N2CCOCC2)ccc1-c1ccc2c(c1)CN(C)C2=O. The summed E-state index contributed by atoms with van der Waals surface area (Å²) in [5.41, 5.74) is 4.60. The van der Waals surface area contributed by atoms with Crippen molar-refractivity contribution in [3.63, 3.8) is 0 Å². The van der Waals surface area contributed by atoms with Gasteiger partial charge in [0.25, 0.3) is 5.91 Å². The number of rotatable bonds is 3. The van der Waals surface area contributed by atoms with Crippen molar-refractivity contribution in [2.24, 2.45) is 0 Å². The highest BCUT2D eigenvalue weighted by atomic mass is 32.2. The van der Waals surface area contributed by atoms with Gasteiger partial charge in [0.2, 0.25) is 10.0 Å². The molecule has 2 aromatic carbocycles. The molecule has 0 spiro atoms. The van der Waals surface area contributed by atoms with Gasteiger partial charge < -0.3 is 9.64 Å². The number of hydrogen-bond donors (Lipinski definition) is 0. The van der Waals surface area contributed by atoms with E-state index in [1.54, 1.807) is 24.1 Å². The molecule has 1 saturated heterocycles. The number of morpholine rings is 1. The van der Waals surface area contributed by atoms with Crippen LogP contribution < -0.4 is 0 Å². The molecule has 0 aromatic heterocycles. The lowest BCUT2D eigenvalue weighted by Crippen LogP contribution is -2.40. The minimum Gasteiger partial charge on any atom is -0.379 e. The normalized spacial score (nSPS) is 18.0. The van der Waals surface area contributed by atoms with Crippen molar-refractivity contribution in [3.8, 4) is 11.1 Å². The molecule has 27 heavy (non-hydrogen) atoms. The second-order valence-corrected chi connectivity index (χ2v) is 8.96. The molecule has 0 N–H and O–H groups in total. The molecule has 0 atom stereocenters. The molecule has 2 aromatic rings. The molecule has 2 aliphatic heterocycles. The molecule has 0 radical (unpaired) electrons. The van der Waals surface area contributed by atoms with Gasteiger partial charge in [0.15, 0.2) is 0 Å². The van der Waals surface area contributed by atoms with Crippen LogP contribution >= 0.6 is 0 Å². The lowest BCUT2D eigenvalue weighted by atomic mass is 9.97. The fraction of sp³-hybridized carbons (Fsp3) is 0.350. The number of aryl methyl sites for hydroxylation is 1. The highest BCUT2D eigenvalue weighted by Crippen LogP contribution is 2.31. The molecule has 2 aliphatic rings. The first-order valence-corrected chi connectivity index (χ1v) is 10.4. The molecule has 142 valence electrons. The Kier molecular flexibility index (Phi) is 4.53. The van der Waals surface area contributed by atoms with E-state index in [-0.39, 0.29) is 5.91 Å². The van der Waals surface area contributed by atoms with E-state index in [2.05, 4.69) is 0 Å². The topological polar surface area (TPSA) is 66.9 Å². The predicted octanol–water partition coefficient (Wildman–Crippen LogP) is 2.27. The standard InChI is InChI=1S/C20H22N2O4S/c1-14-11-17(27(24,25)22-7-9-26-10-8-22)4-6-18(14)15-3-5-19-16(12-15)13-21(2)20(19)23/h3-6,11-12H,7-10,13H2,1-2H3. The third kappa shape index (κ3) is 3.16. The Morgan fingerprint density at radius 3 is 2.41 bits per heavy atom. The summed E-state index contributed by atoms with van der Waals surface area (Å²) in [6.45, 7) is 4.14. The van der Waals surface area contributed by atoms with Crippen LogP contribution in [0.25, 0.3) is 11.1 Å². The Labute approximate surface area is 159 Å². The number of carbonyl (C=O) groups is 1. The van der Waals surface area contributed by atoms with Gasteiger partial charge >= 0.3 is 0 Å². The Morgan fingerprint density at radius 1 is 1.00 bits per heavy atom. The average molecular weight is 386 g/mol. The molecule has 1 fully saturated rings. The molecule has 4 rings (SSSR count). The van der Waals surface area contributed by atoms with Crippen LogP contribution in [0.4, 0.5) is 0 Å². The van der Waals surface area contributed by atoms with Crippen molar-refractivity contribution >= 4 is 15.9 Å². The maximum atomic E-state index is 12.8. The van der Waals surface area contributed by atoms with Gasteiger partial charge in [0.05, 0.1) is 18.1 Å². The van der Waals surface area contributed by atoms with Crippen LogP contribution in [-0.2, 0) is 21.3 Å². The zero-order valence-corrected chi connectivity index (χ0v) is 16.3. The van der Waals surface area contributed by atoms with Crippen LogP contribution in [0.15, 0.2) is 41.3 Å². The van der Waals surface area contributed by atoms with Crippen molar-refractivity contribution in [1.82, 2.24) is 9.21 Å². The van der Waals surface area contributed by atoms with Crippen LogP contribution in [0.1, 0.15) is 21.5 Å². The zero-order valence-electron chi connectivity index (χ0n) is 15.4. The summed E-state index contributed by atoms with van der Waals surface area (Å²) in [4.78, 5) is 14.1. The Bertz CT molecular complexity index is 1010. The summed E-state index contributed by atoms with van der Waals surface area (Å²) in [7, 11) is -1.72. The summed E-state index contributed by atoms with van der Waals surface area (Å²) >= 11 is 0. The number of fused-ring (bicyclic) bond motifs is 1. The van der Waals surface area contributed by atoms with Crippen molar-refractivity contribution in [1.29, 1.82) is 0 Å². The maximum Gasteiger partial charge on any atom is 0.254 e. The van der Waals surface area contributed by atoms with Crippen molar-refractivity contribution in [2.45, 2.75) is 18.4 Å². The molecule has 0 bridgehead atoms. The number of benzene rings is 2. The van der Waals surface area contributed by atoms with E-state index >= 15 is 0 Å². The molecule has 6 nitrogen and oxygen atoms in total.